The monoisotopic (exact) mass is 309 g/mol. The van der Waals surface area contributed by atoms with E-state index in [2.05, 4.69) is 17.6 Å². The number of amides is 3. The fourth-order valence-electron chi connectivity index (χ4n) is 1.71. The third-order valence-corrected chi connectivity index (χ3v) is 2.87. The number of hydrogen-bond acceptors (Lipinski definition) is 4. The van der Waals surface area contributed by atoms with Crippen LogP contribution >= 0.6 is 0 Å². The first kappa shape index (κ1) is 17.6. The molecule has 0 saturated heterocycles. The molecule has 4 N–H and O–H groups in total. The number of rotatable bonds is 9. The standard InChI is InChI=1S/C15H23N3O4/c1-3-4-7-17-15(20)18-9-11-5-6-12(13(8-11)21-2)22-10-14(16)19/h5-6,8H,3-4,7,9-10H2,1-2H3,(H2,16,19)(H2,17,18,20). The first-order valence-electron chi connectivity index (χ1n) is 7.16. The van der Waals surface area contributed by atoms with Crippen LogP contribution in [0.2, 0.25) is 0 Å². The van der Waals surface area contributed by atoms with Crippen molar-refractivity contribution in [2.24, 2.45) is 5.73 Å². The lowest BCUT2D eigenvalue weighted by Gasteiger charge is -2.12. The number of urea groups is 1. The summed E-state index contributed by atoms with van der Waals surface area (Å²) < 4.78 is 10.4. The smallest absolute Gasteiger partial charge is 0.315 e. The molecule has 0 radical (unpaired) electrons. The molecule has 1 aromatic rings. The molecule has 0 aliphatic heterocycles. The first-order valence-corrected chi connectivity index (χ1v) is 7.16. The summed E-state index contributed by atoms with van der Waals surface area (Å²) in [6.45, 7) is 2.87. The summed E-state index contributed by atoms with van der Waals surface area (Å²) in [6, 6.07) is 4.99. The van der Waals surface area contributed by atoms with Gasteiger partial charge in [0.15, 0.2) is 18.1 Å². The quantitative estimate of drug-likeness (QED) is 0.595. The second kappa shape index (κ2) is 9.49. The zero-order valence-electron chi connectivity index (χ0n) is 13.0. The summed E-state index contributed by atoms with van der Waals surface area (Å²) in [4.78, 5) is 22.3. The Hall–Kier alpha value is -2.44. The van der Waals surface area contributed by atoms with Crippen molar-refractivity contribution in [2.45, 2.75) is 26.3 Å². The highest BCUT2D eigenvalue weighted by Gasteiger charge is 2.08. The van der Waals surface area contributed by atoms with E-state index in [1.54, 1.807) is 18.2 Å². The van der Waals surface area contributed by atoms with Crippen LogP contribution < -0.4 is 25.8 Å². The van der Waals surface area contributed by atoms with Gasteiger partial charge in [-0.15, -0.1) is 0 Å². The molecule has 0 heterocycles. The Labute approximate surface area is 130 Å². The van der Waals surface area contributed by atoms with Gasteiger partial charge in [0, 0.05) is 13.1 Å². The van der Waals surface area contributed by atoms with Crippen LogP contribution in [0.3, 0.4) is 0 Å². The minimum atomic E-state index is -0.559. The van der Waals surface area contributed by atoms with E-state index in [9.17, 15) is 9.59 Å². The molecule has 1 rings (SSSR count). The van der Waals surface area contributed by atoms with Gasteiger partial charge in [0.05, 0.1) is 7.11 Å². The summed E-state index contributed by atoms with van der Waals surface area (Å²) in [7, 11) is 1.50. The van der Waals surface area contributed by atoms with Crippen LogP contribution in [0.15, 0.2) is 18.2 Å². The fraction of sp³-hybridized carbons (Fsp3) is 0.467. The molecule has 0 aromatic heterocycles. The lowest BCUT2D eigenvalue weighted by molar-refractivity contribution is -0.119. The predicted molar refractivity (Wildman–Crippen MR) is 82.8 cm³/mol. The maximum absolute atomic E-state index is 11.6. The van der Waals surface area contributed by atoms with Crippen molar-refractivity contribution in [1.82, 2.24) is 10.6 Å². The van der Waals surface area contributed by atoms with Crippen molar-refractivity contribution in [3.05, 3.63) is 23.8 Å². The molecule has 0 fully saturated rings. The third kappa shape index (κ3) is 6.34. The normalized spacial score (nSPS) is 9.91. The lowest BCUT2D eigenvalue weighted by Crippen LogP contribution is -2.35. The van der Waals surface area contributed by atoms with Gasteiger partial charge < -0.3 is 25.8 Å². The summed E-state index contributed by atoms with van der Waals surface area (Å²) in [5, 5.41) is 5.53. The third-order valence-electron chi connectivity index (χ3n) is 2.87. The van der Waals surface area contributed by atoms with Crippen LogP contribution in [0.25, 0.3) is 0 Å². The van der Waals surface area contributed by atoms with Gasteiger partial charge in [0.2, 0.25) is 0 Å². The Morgan fingerprint density at radius 2 is 2.00 bits per heavy atom. The van der Waals surface area contributed by atoms with Gasteiger partial charge in [-0.1, -0.05) is 19.4 Å². The topological polar surface area (TPSA) is 103 Å². The van der Waals surface area contributed by atoms with E-state index < -0.39 is 5.91 Å². The Morgan fingerprint density at radius 1 is 1.23 bits per heavy atom. The molecule has 0 unspecified atom stereocenters. The number of nitrogens with two attached hydrogens (primary N) is 1. The summed E-state index contributed by atoms with van der Waals surface area (Å²) in [5.41, 5.74) is 5.89. The minimum absolute atomic E-state index is 0.207. The predicted octanol–water partition coefficient (Wildman–Crippen LogP) is 1.16. The number of methoxy groups -OCH3 is 1. The average Bonchev–Trinajstić information content (AvgIpc) is 2.51. The molecule has 122 valence electrons. The molecular weight excluding hydrogens is 286 g/mol. The maximum Gasteiger partial charge on any atom is 0.315 e. The van der Waals surface area contributed by atoms with Gasteiger partial charge in [-0.3, -0.25) is 4.79 Å². The van der Waals surface area contributed by atoms with Crippen LogP contribution in [0.1, 0.15) is 25.3 Å². The Balaban J connectivity index is 2.54. The number of carbonyl (C=O) groups is 2. The van der Waals surface area contributed by atoms with Gasteiger partial charge >= 0.3 is 6.03 Å². The largest absolute Gasteiger partial charge is 0.493 e. The van der Waals surface area contributed by atoms with E-state index in [0.29, 0.717) is 24.6 Å². The molecule has 1 aromatic carbocycles. The highest BCUT2D eigenvalue weighted by atomic mass is 16.5. The van der Waals surface area contributed by atoms with Crippen LogP contribution in [0.4, 0.5) is 4.79 Å². The lowest BCUT2D eigenvalue weighted by atomic mass is 10.2. The van der Waals surface area contributed by atoms with Crippen molar-refractivity contribution >= 4 is 11.9 Å². The maximum atomic E-state index is 11.6. The molecule has 22 heavy (non-hydrogen) atoms. The number of ether oxygens (including phenoxy) is 2. The van der Waals surface area contributed by atoms with E-state index in [-0.39, 0.29) is 12.6 Å². The number of carbonyl (C=O) groups excluding carboxylic acids is 2. The number of hydrogen-bond donors (Lipinski definition) is 3. The molecule has 0 spiro atoms. The van der Waals surface area contributed by atoms with Crippen LogP contribution in [-0.2, 0) is 11.3 Å². The minimum Gasteiger partial charge on any atom is -0.493 e. The number of benzene rings is 1. The van der Waals surface area contributed by atoms with E-state index in [0.717, 1.165) is 18.4 Å². The molecule has 0 atom stereocenters. The average molecular weight is 309 g/mol. The highest BCUT2D eigenvalue weighted by molar-refractivity contribution is 5.75. The van der Waals surface area contributed by atoms with E-state index in [1.165, 1.54) is 7.11 Å². The fourth-order valence-corrected chi connectivity index (χ4v) is 1.71. The van der Waals surface area contributed by atoms with Crippen molar-refractivity contribution in [1.29, 1.82) is 0 Å². The van der Waals surface area contributed by atoms with Crippen LogP contribution in [0, 0.1) is 0 Å². The van der Waals surface area contributed by atoms with Crippen molar-refractivity contribution < 1.29 is 19.1 Å². The molecule has 7 nitrogen and oxygen atoms in total. The van der Waals surface area contributed by atoms with Gasteiger partial charge in [-0.2, -0.15) is 0 Å². The van der Waals surface area contributed by atoms with Gasteiger partial charge in [-0.05, 0) is 24.1 Å². The first-order chi connectivity index (χ1) is 10.6. The highest BCUT2D eigenvalue weighted by Crippen LogP contribution is 2.27. The number of primary amides is 1. The van der Waals surface area contributed by atoms with E-state index in [4.69, 9.17) is 15.2 Å². The second-order valence-corrected chi connectivity index (χ2v) is 4.70. The molecule has 0 aliphatic rings. The molecule has 0 aliphatic carbocycles. The SMILES string of the molecule is CCCCNC(=O)NCc1ccc(OCC(N)=O)c(OC)c1. The van der Waals surface area contributed by atoms with Crippen molar-refractivity contribution in [3.8, 4) is 11.5 Å². The summed E-state index contributed by atoms with van der Waals surface area (Å²) >= 11 is 0. The molecular formula is C15H23N3O4. The molecule has 3 amide bonds. The zero-order valence-corrected chi connectivity index (χ0v) is 13.0. The Morgan fingerprint density at radius 3 is 2.64 bits per heavy atom. The van der Waals surface area contributed by atoms with Crippen LogP contribution in [0.5, 0.6) is 11.5 Å². The van der Waals surface area contributed by atoms with Crippen molar-refractivity contribution in [2.75, 3.05) is 20.3 Å². The summed E-state index contributed by atoms with van der Waals surface area (Å²) in [5.74, 6) is 0.348. The summed E-state index contributed by atoms with van der Waals surface area (Å²) in [6.07, 6.45) is 1.98. The molecule has 0 bridgehead atoms. The number of unbranched alkanes of at least 4 members (excludes halogenated alkanes) is 1. The van der Waals surface area contributed by atoms with Gasteiger partial charge in [0.1, 0.15) is 0 Å². The Bertz CT molecular complexity index is 506. The van der Waals surface area contributed by atoms with Gasteiger partial charge in [0.25, 0.3) is 5.91 Å². The molecule has 0 saturated carbocycles. The second-order valence-electron chi connectivity index (χ2n) is 4.70. The van der Waals surface area contributed by atoms with Gasteiger partial charge in [-0.25, -0.2) is 4.79 Å². The van der Waals surface area contributed by atoms with Crippen LogP contribution in [-0.4, -0.2) is 32.2 Å². The Kier molecular flexibility index (Phi) is 7.60. The van der Waals surface area contributed by atoms with E-state index >= 15 is 0 Å². The van der Waals surface area contributed by atoms with Crippen molar-refractivity contribution in [3.63, 3.8) is 0 Å². The zero-order chi connectivity index (χ0) is 16.4. The molecule has 7 heteroatoms. The van der Waals surface area contributed by atoms with E-state index in [1.807, 2.05) is 0 Å². The number of nitrogens with one attached hydrogen (secondary N) is 2.